The van der Waals surface area contributed by atoms with Gasteiger partial charge in [0, 0.05) is 38.6 Å². The van der Waals surface area contributed by atoms with Crippen molar-refractivity contribution in [2.24, 2.45) is 0 Å². The van der Waals surface area contributed by atoms with Crippen molar-refractivity contribution < 1.29 is 30.0 Å². The third-order valence-corrected chi connectivity index (χ3v) is 3.43. The van der Waals surface area contributed by atoms with Crippen molar-refractivity contribution >= 4 is 8.26 Å². The number of rotatable bonds is 4. The number of halogens is 2. The average molecular weight is 278 g/mol. The second-order valence-electron chi connectivity index (χ2n) is 3.78. The van der Waals surface area contributed by atoms with Crippen LogP contribution in [-0.4, -0.2) is 23.4 Å². The Labute approximate surface area is 96.6 Å². The van der Waals surface area contributed by atoms with Crippen LogP contribution in [0.3, 0.4) is 0 Å². The maximum absolute atomic E-state index is 13.4. The molecule has 6 heteroatoms. The predicted molar refractivity (Wildman–Crippen MR) is 52.9 cm³/mol. The van der Waals surface area contributed by atoms with E-state index in [1.807, 2.05) is 0 Å². The van der Waals surface area contributed by atoms with Crippen LogP contribution in [0.5, 0.6) is 0 Å². The Morgan fingerprint density at radius 2 is 1.50 bits per heavy atom. The van der Waals surface area contributed by atoms with Gasteiger partial charge in [0.1, 0.15) is 5.60 Å². The predicted octanol–water partition coefficient (Wildman–Crippen LogP) is 3.76. The molecule has 0 heterocycles. The van der Waals surface area contributed by atoms with Gasteiger partial charge in [-0.05, 0) is 34.6 Å². The minimum Gasteiger partial charge on any atom is -0.150 e. The molecule has 91 valence electrons. The fraction of sp³-hybridized carbons (Fsp3) is 1.00. The maximum atomic E-state index is 13.4. The number of hydrogen-bond acceptors (Lipinski definition) is 2. The van der Waals surface area contributed by atoms with Crippen molar-refractivity contribution in [3.8, 4) is 0 Å². The van der Waals surface area contributed by atoms with E-state index in [1.165, 1.54) is 0 Å². The summed E-state index contributed by atoms with van der Waals surface area (Å²) in [5.74, 6) is 0. The summed E-state index contributed by atoms with van der Waals surface area (Å²) in [7, 11) is -4.34. The zero-order chi connectivity index (χ0) is 10.7. The van der Waals surface area contributed by atoms with Gasteiger partial charge in [0.05, 0.1) is 0 Å². The fourth-order valence-corrected chi connectivity index (χ4v) is 2.37. The molecular weight excluding hydrogens is 259 g/mol. The van der Waals surface area contributed by atoms with Crippen LogP contribution in [0.2, 0.25) is 0 Å². The van der Waals surface area contributed by atoms with Crippen LogP contribution < -0.4 is 0 Å². The van der Waals surface area contributed by atoms with Crippen LogP contribution >= 0.6 is 8.26 Å². The summed E-state index contributed by atoms with van der Waals surface area (Å²) in [6, 6.07) is 0. The molecule has 0 aromatic rings. The zero-order valence-corrected chi connectivity index (χ0v) is 11.1. The van der Waals surface area contributed by atoms with Crippen molar-refractivity contribution in [3.63, 3.8) is 0 Å². The van der Waals surface area contributed by atoms with E-state index in [9.17, 15) is 8.39 Å². The van der Waals surface area contributed by atoms with Gasteiger partial charge >= 0.3 is 8.26 Å². The molecule has 0 aromatic carbocycles. The van der Waals surface area contributed by atoms with Crippen LogP contribution in [0, 0.1) is 0 Å². The fourth-order valence-electron chi connectivity index (χ4n) is 0.940. The van der Waals surface area contributed by atoms with E-state index in [0.29, 0.717) is 13.1 Å². The van der Waals surface area contributed by atoms with Gasteiger partial charge in [-0.1, -0.05) is 4.67 Å². The molecule has 2 nitrogen and oxygen atoms in total. The van der Waals surface area contributed by atoms with E-state index >= 15 is 0 Å². The van der Waals surface area contributed by atoms with E-state index in [0.717, 1.165) is 4.67 Å². The van der Waals surface area contributed by atoms with Gasteiger partial charge in [-0.15, -0.1) is 4.52 Å². The van der Waals surface area contributed by atoms with Gasteiger partial charge in [0.2, 0.25) is 0 Å². The zero-order valence-electron chi connectivity index (χ0n) is 9.27. The van der Waals surface area contributed by atoms with Gasteiger partial charge in [-0.3, -0.25) is 0 Å². The Hall–Kier alpha value is 0.729. The molecule has 0 aliphatic carbocycles. The molecule has 0 spiro atoms. The first kappa shape index (κ1) is 17.1. The molecular formula is C8H19CuF2NOP+. The van der Waals surface area contributed by atoms with Gasteiger partial charge in [0.15, 0.2) is 0 Å². The maximum Gasteiger partial charge on any atom is 0.603 e. The Bertz CT molecular complexity index is 160. The molecule has 0 aromatic heterocycles. The largest absolute Gasteiger partial charge is 0.603 e. The first-order valence-corrected chi connectivity index (χ1v) is 5.91. The van der Waals surface area contributed by atoms with E-state index in [-0.39, 0.29) is 17.1 Å². The summed E-state index contributed by atoms with van der Waals surface area (Å²) in [6.45, 7) is 9.01. The molecule has 0 rings (SSSR count). The van der Waals surface area contributed by atoms with Crippen molar-refractivity contribution in [3.05, 3.63) is 0 Å². The quantitative estimate of drug-likeness (QED) is 0.573. The first-order chi connectivity index (χ1) is 5.73. The monoisotopic (exact) mass is 277 g/mol. The second-order valence-corrected chi connectivity index (χ2v) is 5.40. The molecule has 0 unspecified atom stereocenters. The van der Waals surface area contributed by atoms with Crippen LogP contribution in [0.1, 0.15) is 34.6 Å². The third kappa shape index (κ3) is 6.26. The smallest absolute Gasteiger partial charge is 0.150 e. The van der Waals surface area contributed by atoms with Crippen molar-refractivity contribution in [2.45, 2.75) is 40.2 Å². The average Bonchev–Trinajstić information content (AvgIpc) is 1.83. The minimum atomic E-state index is -4.34. The Balaban J connectivity index is 0. The van der Waals surface area contributed by atoms with Crippen LogP contribution in [0.4, 0.5) is 8.39 Å². The molecule has 0 aliphatic heterocycles. The van der Waals surface area contributed by atoms with Gasteiger partial charge < -0.3 is 0 Å². The molecule has 0 aliphatic rings. The topological polar surface area (TPSA) is 12.5 Å². The summed E-state index contributed by atoms with van der Waals surface area (Å²) in [5.41, 5.74) is -0.778. The first-order valence-electron chi connectivity index (χ1n) is 4.47. The van der Waals surface area contributed by atoms with Crippen LogP contribution in [0.25, 0.3) is 0 Å². The molecule has 0 saturated heterocycles. The van der Waals surface area contributed by atoms with Crippen molar-refractivity contribution in [1.29, 1.82) is 0 Å². The van der Waals surface area contributed by atoms with Crippen molar-refractivity contribution in [2.75, 3.05) is 13.1 Å². The summed E-state index contributed by atoms with van der Waals surface area (Å²) in [4.78, 5) is 0. The van der Waals surface area contributed by atoms with E-state index in [1.54, 1.807) is 34.6 Å². The van der Waals surface area contributed by atoms with Crippen molar-refractivity contribution in [1.82, 2.24) is 4.67 Å². The summed E-state index contributed by atoms with van der Waals surface area (Å²) < 4.78 is 32.7. The van der Waals surface area contributed by atoms with E-state index in [4.69, 9.17) is 4.52 Å². The normalized spacial score (nSPS) is 12.9. The molecule has 1 radical (unpaired) electrons. The minimum absolute atomic E-state index is 0. The van der Waals surface area contributed by atoms with E-state index < -0.39 is 13.9 Å². The molecule has 0 bridgehead atoms. The molecule has 0 N–H and O–H groups in total. The SMILES string of the molecule is CCN(CC)[P+](F)(F)OC(C)(C)C.[Cu]. The molecule has 0 atom stereocenters. The molecule has 0 saturated carbocycles. The van der Waals surface area contributed by atoms with Crippen LogP contribution in [-0.2, 0) is 21.6 Å². The molecule has 0 fully saturated rings. The van der Waals surface area contributed by atoms with Crippen LogP contribution in [0.15, 0.2) is 0 Å². The van der Waals surface area contributed by atoms with Gasteiger partial charge in [0.25, 0.3) is 0 Å². The van der Waals surface area contributed by atoms with E-state index in [2.05, 4.69) is 0 Å². The standard InChI is InChI=1S/C8H19F2NOP.Cu/c1-6-11(7-2)13(9,10)12-8(3,4)5;/h6-7H2,1-5H3;/q+1;. The number of nitrogens with zero attached hydrogens (tertiary/aromatic N) is 1. The Kier molecular flexibility index (Phi) is 7.76. The number of hydrogen-bond donors (Lipinski definition) is 0. The molecule has 0 amide bonds. The second kappa shape index (κ2) is 6.34. The Morgan fingerprint density at radius 1 is 1.14 bits per heavy atom. The summed E-state index contributed by atoms with van der Waals surface area (Å²) in [5, 5.41) is 0. The third-order valence-electron chi connectivity index (χ3n) is 1.44. The van der Waals surface area contributed by atoms with Gasteiger partial charge in [-0.25, -0.2) is 0 Å². The summed E-state index contributed by atoms with van der Waals surface area (Å²) in [6.07, 6.45) is 0. The van der Waals surface area contributed by atoms with Gasteiger partial charge in [-0.2, -0.15) is 0 Å². The molecule has 14 heavy (non-hydrogen) atoms. The summed E-state index contributed by atoms with van der Waals surface area (Å²) >= 11 is 0. The Morgan fingerprint density at radius 3 is 1.71 bits per heavy atom.